The number of carboxylic acids is 1. The predicted octanol–water partition coefficient (Wildman–Crippen LogP) is 2.18. The van der Waals surface area contributed by atoms with Gasteiger partial charge in [0.05, 0.1) is 7.11 Å². The zero-order valence-corrected chi connectivity index (χ0v) is 8.15. The molecule has 1 aromatic rings. The Morgan fingerprint density at radius 1 is 1.50 bits per heavy atom. The van der Waals surface area contributed by atoms with E-state index in [1.807, 2.05) is 18.2 Å². The van der Waals surface area contributed by atoms with E-state index in [0.29, 0.717) is 5.57 Å². The summed E-state index contributed by atoms with van der Waals surface area (Å²) in [4.78, 5) is 10.6. The summed E-state index contributed by atoms with van der Waals surface area (Å²) < 4.78 is 5.02. The Balaban J connectivity index is 2.97. The van der Waals surface area contributed by atoms with Crippen molar-refractivity contribution in [3.05, 3.63) is 35.4 Å². The highest BCUT2D eigenvalue weighted by Crippen LogP contribution is 2.15. The first-order valence-corrected chi connectivity index (χ1v) is 4.19. The Morgan fingerprint density at radius 2 is 2.21 bits per heavy atom. The summed E-state index contributed by atoms with van der Waals surface area (Å²) in [5.41, 5.74) is 1.13. The predicted molar refractivity (Wildman–Crippen MR) is 54.3 cm³/mol. The highest BCUT2D eigenvalue weighted by atomic mass is 16.5. The summed E-state index contributed by atoms with van der Waals surface area (Å²) in [7, 11) is 1.58. The second kappa shape index (κ2) is 4.46. The highest BCUT2D eigenvalue weighted by molar-refractivity contribution is 5.91. The Hall–Kier alpha value is -1.77. The molecule has 0 aliphatic rings. The number of ether oxygens (including phenoxy) is 1. The molecule has 0 saturated heterocycles. The maximum absolute atomic E-state index is 10.6. The number of hydrogen-bond donors (Lipinski definition) is 1. The third-order valence-electron chi connectivity index (χ3n) is 1.81. The topological polar surface area (TPSA) is 46.5 Å². The molecule has 0 amide bonds. The van der Waals surface area contributed by atoms with Gasteiger partial charge in [-0.1, -0.05) is 12.1 Å². The molecule has 0 aliphatic heterocycles. The van der Waals surface area contributed by atoms with Crippen LogP contribution in [0.2, 0.25) is 0 Å². The molecule has 0 unspecified atom stereocenters. The van der Waals surface area contributed by atoms with Crippen molar-refractivity contribution in [2.75, 3.05) is 7.11 Å². The standard InChI is InChI=1S/C11H12O3/c1-8(11(12)13)6-9-4-3-5-10(7-9)14-2/h3-7H,1-2H3,(H,12,13). The molecule has 0 heterocycles. The van der Waals surface area contributed by atoms with Crippen LogP contribution in [0.3, 0.4) is 0 Å². The van der Waals surface area contributed by atoms with Crippen LogP contribution in [0.5, 0.6) is 5.75 Å². The fourth-order valence-corrected chi connectivity index (χ4v) is 1.04. The lowest BCUT2D eigenvalue weighted by Gasteiger charge is -2.00. The first kappa shape index (κ1) is 10.3. The molecule has 1 N–H and O–H groups in total. The zero-order chi connectivity index (χ0) is 10.6. The molecule has 3 nitrogen and oxygen atoms in total. The molecule has 14 heavy (non-hydrogen) atoms. The van der Waals surface area contributed by atoms with Crippen LogP contribution in [-0.2, 0) is 4.79 Å². The molecule has 0 saturated carbocycles. The van der Waals surface area contributed by atoms with Gasteiger partial charge in [0.15, 0.2) is 0 Å². The van der Waals surface area contributed by atoms with Crippen LogP contribution in [0.15, 0.2) is 29.8 Å². The summed E-state index contributed by atoms with van der Waals surface area (Å²) in [6, 6.07) is 7.24. The maximum atomic E-state index is 10.6. The zero-order valence-electron chi connectivity index (χ0n) is 8.15. The molecule has 1 rings (SSSR count). The second-order valence-corrected chi connectivity index (χ2v) is 2.91. The van der Waals surface area contributed by atoms with Crippen molar-refractivity contribution < 1.29 is 14.6 Å². The lowest BCUT2D eigenvalue weighted by molar-refractivity contribution is -0.132. The van der Waals surface area contributed by atoms with E-state index in [1.54, 1.807) is 26.2 Å². The van der Waals surface area contributed by atoms with Crippen LogP contribution < -0.4 is 4.74 Å². The maximum Gasteiger partial charge on any atom is 0.331 e. The summed E-state index contributed by atoms with van der Waals surface area (Å²) in [6.45, 7) is 1.56. The van der Waals surface area contributed by atoms with E-state index in [4.69, 9.17) is 9.84 Å². The van der Waals surface area contributed by atoms with Crippen LogP contribution in [0.4, 0.5) is 0 Å². The molecule has 0 atom stereocenters. The molecule has 0 fully saturated rings. The summed E-state index contributed by atoms with van der Waals surface area (Å²) in [5, 5.41) is 8.67. The third kappa shape index (κ3) is 2.62. The van der Waals surface area contributed by atoms with E-state index in [1.165, 1.54) is 0 Å². The second-order valence-electron chi connectivity index (χ2n) is 2.91. The average molecular weight is 192 g/mol. The van der Waals surface area contributed by atoms with E-state index in [9.17, 15) is 4.79 Å². The van der Waals surface area contributed by atoms with Crippen LogP contribution in [0.25, 0.3) is 6.08 Å². The van der Waals surface area contributed by atoms with E-state index < -0.39 is 5.97 Å². The van der Waals surface area contributed by atoms with Crippen LogP contribution in [0.1, 0.15) is 12.5 Å². The van der Waals surface area contributed by atoms with Crippen molar-refractivity contribution in [1.29, 1.82) is 0 Å². The number of methoxy groups -OCH3 is 1. The van der Waals surface area contributed by atoms with Crippen molar-refractivity contribution in [3.8, 4) is 5.75 Å². The van der Waals surface area contributed by atoms with Gasteiger partial charge in [0, 0.05) is 5.57 Å². The monoisotopic (exact) mass is 192 g/mol. The number of carboxylic acid groups (broad SMARTS) is 1. The largest absolute Gasteiger partial charge is 0.497 e. The Kier molecular flexibility index (Phi) is 3.29. The van der Waals surface area contributed by atoms with Gasteiger partial charge in [0.2, 0.25) is 0 Å². The van der Waals surface area contributed by atoms with E-state index >= 15 is 0 Å². The number of benzene rings is 1. The molecule has 0 bridgehead atoms. The third-order valence-corrected chi connectivity index (χ3v) is 1.81. The Morgan fingerprint density at radius 3 is 2.79 bits per heavy atom. The van der Waals surface area contributed by atoms with Gasteiger partial charge < -0.3 is 9.84 Å². The van der Waals surface area contributed by atoms with Gasteiger partial charge in [-0.3, -0.25) is 0 Å². The van der Waals surface area contributed by atoms with Crippen LogP contribution in [-0.4, -0.2) is 18.2 Å². The fourth-order valence-electron chi connectivity index (χ4n) is 1.04. The van der Waals surface area contributed by atoms with Gasteiger partial charge >= 0.3 is 5.97 Å². The average Bonchev–Trinajstić information content (AvgIpc) is 2.18. The van der Waals surface area contributed by atoms with Gasteiger partial charge in [-0.15, -0.1) is 0 Å². The van der Waals surface area contributed by atoms with Gasteiger partial charge in [-0.05, 0) is 30.7 Å². The molecule has 0 radical (unpaired) electrons. The van der Waals surface area contributed by atoms with Gasteiger partial charge in [-0.2, -0.15) is 0 Å². The molecule has 0 aliphatic carbocycles. The lowest BCUT2D eigenvalue weighted by Crippen LogP contribution is -1.95. The summed E-state index contributed by atoms with van der Waals surface area (Å²) in [6.07, 6.45) is 1.60. The smallest absolute Gasteiger partial charge is 0.331 e. The minimum Gasteiger partial charge on any atom is -0.497 e. The quantitative estimate of drug-likeness (QED) is 0.746. The minimum atomic E-state index is -0.909. The van der Waals surface area contributed by atoms with E-state index in [-0.39, 0.29) is 0 Å². The summed E-state index contributed by atoms with van der Waals surface area (Å²) >= 11 is 0. The summed E-state index contributed by atoms with van der Waals surface area (Å²) in [5.74, 6) is -0.190. The van der Waals surface area contributed by atoms with Crippen LogP contribution in [0, 0.1) is 0 Å². The highest BCUT2D eigenvalue weighted by Gasteiger charge is 2.00. The van der Waals surface area contributed by atoms with Crippen molar-refractivity contribution in [1.82, 2.24) is 0 Å². The van der Waals surface area contributed by atoms with Crippen molar-refractivity contribution in [2.24, 2.45) is 0 Å². The molecule has 0 aromatic heterocycles. The SMILES string of the molecule is COc1cccc(C=C(C)C(=O)O)c1. The number of aliphatic carboxylic acids is 1. The normalized spacial score (nSPS) is 11.1. The number of carbonyl (C=O) groups is 1. The molecule has 0 spiro atoms. The molecular formula is C11H12O3. The number of hydrogen-bond acceptors (Lipinski definition) is 2. The molecule has 3 heteroatoms. The first-order valence-electron chi connectivity index (χ1n) is 4.19. The van der Waals surface area contributed by atoms with E-state index in [0.717, 1.165) is 11.3 Å². The van der Waals surface area contributed by atoms with Crippen molar-refractivity contribution >= 4 is 12.0 Å². The van der Waals surface area contributed by atoms with Gasteiger partial charge in [-0.25, -0.2) is 4.79 Å². The van der Waals surface area contributed by atoms with Gasteiger partial charge in [0.1, 0.15) is 5.75 Å². The Labute approximate surface area is 82.6 Å². The molecular weight excluding hydrogens is 180 g/mol. The van der Waals surface area contributed by atoms with Crippen LogP contribution >= 0.6 is 0 Å². The Bertz CT molecular complexity index is 367. The molecule has 74 valence electrons. The fraction of sp³-hybridized carbons (Fsp3) is 0.182. The van der Waals surface area contributed by atoms with Crippen molar-refractivity contribution in [2.45, 2.75) is 6.92 Å². The first-order chi connectivity index (χ1) is 6.63. The minimum absolute atomic E-state index is 0.304. The molecule has 1 aromatic carbocycles. The van der Waals surface area contributed by atoms with Gasteiger partial charge in [0.25, 0.3) is 0 Å². The lowest BCUT2D eigenvalue weighted by atomic mass is 10.1. The van der Waals surface area contributed by atoms with Crippen molar-refractivity contribution in [3.63, 3.8) is 0 Å². The van der Waals surface area contributed by atoms with E-state index in [2.05, 4.69) is 0 Å². The number of rotatable bonds is 3.